The normalized spacial score (nSPS) is 28.7. The predicted molar refractivity (Wildman–Crippen MR) is 63.2 cm³/mol. The number of benzene rings is 1. The Balaban J connectivity index is 2.06. The fourth-order valence-corrected chi connectivity index (χ4v) is 3.04. The molecular formula is C13H18N2. The van der Waals surface area contributed by atoms with E-state index in [1.807, 2.05) is 0 Å². The fraction of sp³-hybridized carbons (Fsp3) is 0.538. The van der Waals surface area contributed by atoms with E-state index in [1.165, 1.54) is 30.8 Å². The van der Waals surface area contributed by atoms with Crippen LogP contribution in [0.25, 0.3) is 0 Å². The van der Waals surface area contributed by atoms with Crippen LogP contribution in [0, 0.1) is 5.92 Å². The van der Waals surface area contributed by atoms with Gasteiger partial charge in [-0.25, -0.2) is 0 Å². The minimum atomic E-state index is 0.615. The molecule has 15 heavy (non-hydrogen) atoms. The summed E-state index contributed by atoms with van der Waals surface area (Å²) in [5, 5.41) is 3.63. The van der Waals surface area contributed by atoms with Gasteiger partial charge in [-0.05, 0) is 37.4 Å². The summed E-state index contributed by atoms with van der Waals surface area (Å²) in [6.07, 6.45) is 1.33. The largest absolute Gasteiger partial charge is 0.371 e. The average molecular weight is 202 g/mol. The molecule has 2 heteroatoms. The fourth-order valence-electron chi connectivity index (χ4n) is 3.04. The van der Waals surface area contributed by atoms with Gasteiger partial charge in [-0.3, -0.25) is 0 Å². The second kappa shape index (κ2) is 3.53. The zero-order valence-electron chi connectivity index (χ0n) is 9.24. The topological polar surface area (TPSA) is 15.3 Å². The van der Waals surface area contributed by atoms with Crippen molar-refractivity contribution in [3.05, 3.63) is 29.8 Å². The predicted octanol–water partition coefficient (Wildman–Crippen LogP) is 2.18. The third kappa shape index (κ3) is 1.36. The standard InChI is InChI=1S/C13H18N2/c1-2-15-9-10-7-8-14-13(10)11-5-3-4-6-12(11)15/h3-6,10,13-14H,2,7-9H2,1H3/t10-,13+/m0/s1. The first kappa shape index (κ1) is 9.22. The van der Waals surface area contributed by atoms with Gasteiger partial charge < -0.3 is 10.2 Å². The summed E-state index contributed by atoms with van der Waals surface area (Å²) in [6.45, 7) is 5.78. The lowest BCUT2D eigenvalue weighted by Gasteiger charge is -2.37. The molecule has 1 N–H and O–H groups in total. The summed E-state index contributed by atoms with van der Waals surface area (Å²) < 4.78 is 0. The number of nitrogens with zero attached hydrogens (tertiary/aromatic N) is 1. The van der Waals surface area contributed by atoms with Crippen molar-refractivity contribution in [2.45, 2.75) is 19.4 Å². The highest BCUT2D eigenvalue weighted by Crippen LogP contribution is 2.40. The van der Waals surface area contributed by atoms with E-state index in [-0.39, 0.29) is 0 Å². The molecule has 0 spiro atoms. The summed E-state index contributed by atoms with van der Waals surface area (Å²) in [6, 6.07) is 9.47. The van der Waals surface area contributed by atoms with Gasteiger partial charge in [-0.15, -0.1) is 0 Å². The van der Waals surface area contributed by atoms with Crippen LogP contribution in [-0.4, -0.2) is 19.6 Å². The number of rotatable bonds is 1. The number of fused-ring (bicyclic) bond motifs is 3. The minimum Gasteiger partial charge on any atom is -0.371 e. The van der Waals surface area contributed by atoms with Crippen molar-refractivity contribution in [1.29, 1.82) is 0 Å². The Kier molecular flexibility index (Phi) is 2.17. The molecule has 2 nitrogen and oxygen atoms in total. The van der Waals surface area contributed by atoms with E-state index in [9.17, 15) is 0 Å². The van der Waals surface area contributed by atoms with Gasteiger partial charge in [-0.2, -0.15) is 0 Å². The number of hydrogen-bond donors (Lipinski definition) is 1. The molecule has 2 heterocycles. The van der Waals surface area contributed by atoms with Crippen molar-refractivity contribution >= 4 is 5.69 Å². The maximum absolute atomic E-state index is 3.63. The molecule has 2 atom stereocenters. The van der Waals surface area contributed by atoms with Crippen LogP contribution in [0.15, 0.2) is 24.3 Å². The van der Waals surface area contributed by atoms with Gasteiger partial charge in [0.05, 0.1) is 0 Å². The molecule has 1 saturated heterocycles. The van der Waals surface area contributed by atoms with Gasteiger partial charge in [0, 0.05) is 24.8 Å². The molecule has 0 bridgehead atoms. The van der Waals surface area contributed by atoms with Gasteiger partial charge >= 0.3 is 0 Å². The van der Waals surface area contributed by atoms with Crippen LogP contribution in [0.3, 0.4) is 0 Å². The van der Waals surface area contributed by atoms with E-state index in [0.717, 1.165) is 12.5 Å². The van der Waals surface area contributed by atoms with E-state index < -0.39 is 0 Å². The summed E-state index contributed by atoms with van der Waals surface area (Å²) in [5.41, 5.74) is 2.95. The van der Waals surface area contributed by atoms with Crippen molar-refractivity contribution in [2.75, 3.05) is 24.5 Å². The SMILES string of the molecule is CCN1C[C@@H]2CCN[C@H]2c2ccccc21. The Morgan fingerprint density at radius 1 is 1.40 bits per heavy atom. The molecule has 0 saturated carbocycles. The van der Waals surface area contributed by atoms with E-state index >= 15 is 0 Å². The van der Waals surface area contributed by atoms with Crippen molar-refractivity contribution in [3.8, 4) is 0 Å². The number of anilines is 1. The Bertz CT molecular complexity index is 361. The molecular weight excluding hydrogens is 184 g/mol. The highest BCUT2D eigenvalue weighted by atomic mass is 15.2. The van der Waals surface area contributed by atoms with Crippen molar-refractivity contribution in [1.82, 2.24) is 5.32 Å². The molecule has 2 aliphatic rings. The molecule has 1 aromatic carbocycles. The Hall–Kier alpha value is -1.02. The lowest BCUT2D eigenvalue weighted by molar-refractivity contribution is 0.437. The lowest BCUT2D eigenvalue weighted by Crippen LogP contribution is -2.37. The number of para-hydroxylation sites is 1. The van der Waals surface area contributed by atoms with Crippen LogP contribution in [0.4, 0.5) is 5.69 Å². The quantitative estimate of drug-likeness (QED) is 0.751. The Morgan fingerprint density at radius 2 is 2.27 bits per heavy atom. The molecule has 80 valence electrons. The summed E-state index contributed by atoms with van der Waals surface area (Å²) in [7, 11) is 0. The van der Waals surface area contributed by atoms with Crippen molar-refractivity contribution in [2.24, 2.45) is 5.92 Å². The minimum absolute atomic E-state index is 0.615. The van der Waals surface area contributed by atoms with Gasteiger partial charge in [0.25, 0.3) is 0 Å². The maximum atomic E-state index is 3.63. The highest BCUT2D eigenvalue weighted by molar-refractivity contribution is 5.57. The second-order valence-electron chi connectivity index (χ2n) is 4.58. The Morgan fingerprint density at radius 3 is 3.13 bits per heavy atom. The lowest BCUT2D eigenvalue weighted by atomic mass is 9.88. The molecule has 0 aromatic heterocycles. The van der Waals surface area contributed by atoms with E-state index in [2.05, 4.69) is 41.4 Å². The second-order valence-corrected chi connectivity index (χ2v) is 4.58. The van der Waals surface area contributed by atoms with E-state index in [1.54, 1.807) is 0 Å². The number of nitrogens with one attached hydrogen (secondary N) is 1. The smallest absolute Gasteiger partial charge is 0.0414 e. The molecule has 1 aromatic rings. The zero-order valence-corrected chi connectivity index (χ0v) is 9.24. The summed E-state index contributed by atoms with van der Waals surface area (Å²) in [5.74, 6) is 0.819. The average Bonchev–Trinajstić information content (AvgIpc) is 2.76. The molecule has 0 radical (unpaired) electrons. The van der Waals surface area contributed by atoms with Crippen molar-refractivity contribution < 1.29 is 0 Å². The molecule has 0 unspecified atom stereocenters. The van der Waals surface area contributed by atoms with Crippen molar-refractivity contribution in [3.63, 3.8) is 0 Å². The molecule has 3 rings (SSSR count). The molecule has 0 amide bonds. The van der Waals surface area contributed by atoms with Gasteiger partial charge in [0.15, 0.2) is 0 Å². The number of hydrogen-bond acceptors (Lipinski definition) is 2. The van der Waals surface area contributed by atoms with Gasteiger partial charge in [-0.1, -0.05) is 18.2 Å². The van der Waals surface area contributed by atoms with Crippen LogP contribution in [-0.2, 0) is 0 Å². The molecule has 0 aliphatic carbocycles. The van der Waals surface area contributed by atoms with Crippen LogP contribution in [0.5, 0.6) is 0 Å². The molecule has 1 fully saturated rings. The maximum Gasteiger partial charge on any atom is 0.0414 e. The summed E-state index contributed by atoms with van der Waals surface area (Å²) >= 11 is 0. The first-order valence-electron chi connectivity index (χ1n) is 5.97. The van der Waals surface area contributed by atoms with Gasteiger partial charge in [0.2, 0.25) is 0 Å². The van der Waals surface area contributed by atoms with Gasteiger partial charge in [0.1, 0.15) is 0 Å². The van der Waals surface area contributed by atoms with E-state index in [4.69, 9.17) is 0 Å². The first-order chi connectivity index (χ1) is 7.40. The van der Waals surface area contributed by atoms with E-state index in [0.29, 0.717) is 6.04 Å². The van der Waals surface area contributed by atoms with Crippen LogP contribution < -0.4 is 10.2 Å². The monoisotopic (exact) mass is 202 g/mol. The molecule has 2 aliphatic heterocycles. The third-order valence-corrected chi connectivity index (χ3v) is 3.80. The third-order valence-electron chi connectivity index (χ3n) is 3.80. The van der Waals surface area contributed by atoms with Crippen LogP contribution in [0.1, 0.15) is 24.9 Å². The van der Waals surface area contributed by atoms with Crippen LogP contribution >= 0.6 is 0 Å². The summed E-state index contributed by atoms with van der Waals surface area (Å²) in [4.78, 5) is 2.52. The first-order valence-corrected chi connectivity index (χ1v) is 5.97. The van der Waals surface area contributed by atoms with Crippen LogP contribution in [0.2, 0.25) is 0 Å². The highest BCUT2D eigenvalue weighted by Gasteiger charge is 2.35. The zero-order chi connectivity index (χ0) is 10.3. The Labute approximate surface area is 91.3 Å².